The Balaban J connectivity index is 2.89. The van der Waals surface area contributed by atoms with Crippen LogP contribution in [-0.4, -0.2) is 23.7 Å². The van der Waals surface area contributed by atoms with Gasteiger partial charge in [-0.2, -0.15) is 0 Å². The van der Waals surface area contributed by atoms with Crippen LogP contribution in [-0.2, 0) is 4.74 Å². The minimum atomic E-state index is -0.513. The largest absolute Gasteiger partial charge is 0.443 e. The van der Waals surface area contributed by atoms with Crippen molar-refractivity contribution < 1.29 is 9.53 Å². The van der Waals surface area contributed by atoms with Gasteiger partial charge in [0.1, 0.15) is 11.4 Å². The number of nitrogen functional groups attached to an aromatic ring is 1. The molecule has 0 aliphatic rings. The molecule has 0 saturated carbocycles. The highest BCUT2D eigenvalue weighted by molar-refractivity contribution is 5.88. The number of aryl methyl sites for hydroxylation is 1. The average Bonchev–Trinajstić information content (AvgIpc) is 2.14. The number of hydrogen-bond donors (Lipinski definition) is 1. The normalized spacial score (nSPS) is 11.1. The molecule has 1 aromatic heterocycles. The van der Waals surface area contributed by atoms with Crippen LogP contribution in [0.25, 0.3) is 0 Å². The molecule has 0 aliphatic carbocycles. The molecule has 1 amide bonds. The van der Waals surface area contributed by atoms with Crippen molar-refractivity contribution in [2.45, 2.75) is 33.3 Å². The van der Waals surface area contributed by atoms with Gasteiger partial charge in [-0.1, -0.05) is 0 Å². The van der Waals surface area contributed by atoms with E-state index in [0.29, 0.717) is 11.5 Å². The third-order valence-corrected chi connectivity index (χ3v) is 2.13. The number of carbonyl (C=O) groups excluding carboxylic acids is 1. The lowest BCUT2D eigenvalue weighted by Crippen LogP contribution is -2.34. The predicted molar refractivity (Wildman–Crippen MR) is 68.0 cm³/mol. The lowest BCUT2D eigenvalue weighted by atomic mass is 10.2. The molecule has 17 heavy (non-hydrogen) atoms. The van der Waals surface area contributed by atoms with Crippen molar-refractivity contribution in [3.8, 4) is 0 Å². The van der Waals surface area contributed by atoms with E-state index >= 15 is 0 Å². The van der Waals surface area contributed by atoms with Gasteiger partial charge in [0, 0.05) is 7.05 Å². The molecular weight excluding hydrogens is 218 g/mol. The third kappa shape index (κ3) is 3.62. The van der Waals surface area contributed by atoms with Crippen LogP contribution in [0, 0.1) is 6.92 Å². The number of ether oxygens (including phenoxy) is 1. The van der Waals surface area contributed by atoms with E-state index < -0.39 is 11.7 Å². The maximum atomic E-state index is 11.8. The highest BCUT2D eigenvalue weighted by Crippen LogP contribution is 2.21. The average molecular weight is 237 g/mol. The topological polar surface area (TPSA) is 68.5 Å². The molecule has 0 fully saturated rings. The van der Waals surface area contributed by atoms with Crippen molar-refractivity contribution >= 4 is 17.6 Å². The molecule has 0 radical (unpaired) electrons. The summed E-state index contributed by atoms with van der Waals surface area (Å²) in [5.41, 5.74) is 6.62. The third-order valence-electron chi connectivity index (χ3n) is 2.13. The van der Waals surface area contributed by atoms with E-state index in [0.717, 1.165) is 5.56 Å². The number of amides is 1. The van der Waals surface area contributed by atoms with Gasteiger partial charge in [0.2, 0.25) is 0 Å². The zero-order valence-corrected chi connectivity index (χ0v) is 10.9. The number of hydrogen-bond acceptors (Lipinski definition) is 4. The van der Waals surface area contributed by atoms with Gasteiger partial charge in [-0.3, -0.25) is 4.90 Å². The molecule has 0 saturated heterocycles. The van der Waals surface area contributed by atoms with E-state index in [9.17, 15) is 4.79 Å². The maximum absolute atomic E-state index is 11.8. The highest BCUT2D eigenvalue weighted by atomic mass is 16.6. The molecule has 0 atom stereocenters. The van der Waals surface area contributed by atoms with Crippen LogP contribution >= 0.6 is 0 Å². The molecule has 0 bridgehead atoms. The Bertz CT molecular complexity index is 424. The van der Waals surface area contributed by atoms with Crippen molar-refractivity contribution in [2.75, 3.05) is 17.7 Å². The van der Waals surface area contributed by atoms with E-state index in [-0.39, 0.29) is 0 Å². The fraction of sp³-hybridized carbons (Fsp3) is 0.500. The number of pyridine rings is 1. The molecule has 94 valence electrons. The van der Waals surface area contributed by atoms with E-state index in [1.807, 2.05) is 27.7 Å². The standard InChI is InChI=1S/C12H19N3O2/c1-8-6-10(13)14-7-9(8)15(5)11(16)17-12(2,3)4/h6-7H,1-5H3,(H2,13,14). The first-order valence-electron chi connectivity index (χ1n) is 5.39. The SMILES string of the molecule is Cc1cc(N)ncc1N(C)C(=O)OC(C)(C)C. The fourth-order valence-corrected chi connectivity index (χ4v) is 1.35. The number of carbonyl (C=O) groups is 1. The zero-order valence-electron chi connectivity index (χ0n) is 10.9. The fourth-order valence-electron chi connectivity index (χ4n) is 1.35. The minimum Gasteiger partial charge on any atom is -0.443 e. The number of aromatic nitrogens is 1. The Morgan fingerprint density at radius 3 is 2.53 bits per heavy atom. The molecule has 1 rings (SSSR count). The van der Waals surface area contributed by atoms with Crippen molar-refractivity contribution in [3.05, 3.63) is 17.8 Å². The smallest absolute Gasteiger partial charge is 0.414 e. The van der Waals surface area contributed by atoms with Crippen LogP contribution in [0.1, 0.15) is 26.3 Å². The van der Waals surface area contributed by atoms with E-state index in [1.54, 1.807) is 19.3 Å². The monoisotopic (exact) mass is 237 g/mol. The van der Waals surface area contributed by atoms with Crippen LogP contribution < -0.4 is 10.6 Å². The Kier molecular flexibility index (Phi) is 3.60. The summed E-state index contributed by atoms with van der Waals surface area (Å²) < 4.78 is 5.27. The number of anilines is 2. The summed E-state index contributed by atoms with van der Waals surface area (Å²) in [4.78, 5) is 17.2. The summed E-state index contributed by atoms with van der Waals surface area (Å²) in [6, 6.07) is 1.72. The number of rotatable bonds is 1. The van der Waals surface area contributed by atoms with Crippen molar-refractivity contribution in [3.63, 3.8) is 0 Å². The van der Waals surface area contributed by atoms with Crippen LogP contribution in [0.4, 0.5) is 16.3 Å². The summed E-state index contributed by atoms with van der Waals surface area (Å²) in [5, 5.41) is 0. The number of nitrogens with two attached hydrogens (primary N) is 1. The molecule has 5 nitrogen and oxygen atoms in total. The van der Waals surface area contributed by atoms with Crippen LogP contribution in [0.3, 0.4) is 0 Å². The van der Waals surface area contributed by atoms with Gasteiger partial charge in [-0.05, 0) is 39.3 Å². The summed E-state index contributed by atoms with van der Waals surface area (Å²) in [7, 11) is 1.65. The molecule has 1 heterocycles. The lowest BCUT2D eigenvalue weighted by molar-refractivity contribution is 0.0589. The molecule has 5 heteroatoms. The molecular formula is C12H19N3O2. The molecule has 2 N–H and O–H groups in total. The van der Waals surface area contributed by atoms with E-state index in [4.69, 9.17) is 10.5 Å². The van der Waals surface area contributed by atoms with Gasteiger partial charge in [0.15, 0.2) is 0 Å². The molecule has 0 unspecified atom stereocenters. The molecule has 0 aliphatic heterocycles. The Morgan fingerprint density at radius 2 is 2.06 bits per heavy atom. The Hall–Kier alpha value is -1.78. The first-order valence-corrected chi connectivity index (χ1v) is 5.39. The first kappa shape index (κ1) is 13.3. The van der Waals surface area contributed by atoms with E-state index in [2.05, 4.69) is 4.98 Å². The van der Waals surface area contributed by atoms with Gasteiger partial charge in [-0.15, -0.1) is 0 Å². The molecule has 1 aromatic rings. The van der Waals surface area contributed by atoms with Crippen LogP contribution in [0.5, 0.6) is 0 Å². The summed E-state index contributed by atoms with van der Waals surface area (Å²) in [6.07, 6.45) is 1.15. The van der Waals surface area contributed by atoms with Crippen molar-refractivity contribution in [2.24, 2.45) is 0 Å². The first-order chi connectivity index (χ1) is 7.70. The van der Waals surface area contributed by atoms with Gasteiger partial charge >= 0.3 is 6.09 Å². The zero-order chi connectivity index (χ0) is 13.2. The van der Waals surface area contributed by atoms with Crippen LogP contribution in [0.2, 0.25) is 0 Å². The van der Waals surface area contributed by atoms with Crippen LogP contribution in [0.15, 0.2) is 12.3 Å². The second-order valence-electron chi connectivity index (χ2n) is 4.94. The van der Waals surface area contributed by atoms with Gasteiger partial charge in [0.25, 0.3) is 0 Å². The van der Waals surface area contributed by atoms with Gasteiger partial charge in [0.05, 0.1) is 11.9 Å². The predicted octanol–water partition coefficient (Wildman–Crippen LogP) is 2.34. The summed E-state index contributed by atoms with van der Waals surface area (Å²) in [6.45, 7) is 7.35. The van der Waals surface area contributed by atoms with Crippen molar-refractivity contribution in [1.29, 1.82) is 0 Å². The highest BCUT2D eigenvalue weighted by Gasteiger charge is 2.21. The summed E-state index contributed by atoms with van der Waals surface area (Å²) >= 11 is 0. The Morgan fingerprint density at radius 1 is 1.47 bits per heavy atom. The Labute approximate surface area is 102 Å². The van der Waals surface area contributed by atoms with Gasteiger partial charge in [-0.25, -0.2) is 9.78 Å². The molecule has 0 aromatic carbocycles. The van der Waals surface area contributed by atoms with Crippen molar-refractivity contribution in [1.82, 2.24) is 4.98 Å². The minimum absolute atomic E-state index is 0.410. The molecule has 0 spiro atoms. The second-order valence-corrected chi connectivity index (χ2v) is 4.94. The second kappa shape index (κ2) is 4.61. The lowest BCUT2D eigenvalue weighted by Gasteiger charge is -2.25. The van der Waals surface area contributed by atoms with Gasteiger partial charge < -0.3 is 10.5 Å². The number of nitrogens with zero attached hydrogens (tertiary/aromatic N) is 2. The summed E-state index contributed by atoms with van der Waals surface area (Å²) in [5.74, 6) is 0.434. The quantitative estimate of drug-likeness (QED) is 0.814. The van der Waals surface area contributed by atoms with E-state index in [1.165, 1.54) is 4.90 Å². The maximum Gasteiger partial charge on any atom is 0.414 e.